The van der Waals surface area contributed by atoms with Gasteiger partial charge in [0, 0.05) is 30.0 Å². The third-order valence-corrected chi connectivity index (χ3v) is 5.94. The van der Waals surface area contributed by atoms with Crippen molar-refractivity contribution in [1.29, 1.82) is 0 Å². The predicted octanol–water partition coefficient (Wildman–Crippen LogP) is 3.31. The van der Waals surface area contributed by atoms with Crippen LogP contribution >= 0.6 is 15.9 Å². The van der Waals surface area contributed by atoms with Crippen LogP contribution < -0.4 is 4.72 Å². The van der Waals surface area contributed by atoms with Gasteiger partial charge in [0.15, 0.2) is 0 Å². The minimum atomic E-state index is -3.75. The van der Waals surface area contributed by atoms with E-state index < -0.39 is 15.8 Å². The van der Waals surface area contributed by atoms with Crippen LogP contribution in [0.4, 0.5) is 4.39 Å². The SMILES string of the molecule is O=S(=O)(NCc1cccc(Cn2ccnc2)c1)c1ccc(F)cc1Br. The fraction of sp³-hybridized carbons (Fsp3) is 0.118. The van der Waals surface area contributed by atoms with Gasteiger partial charge in [0.05, 0.1) is 11.2 Å². The molecule has 0 saturated heterocycles. The van der Waals surface area contributed by atoms with Crippen LogP contribution in [0.5, 0.6) is 0 Å². The molecule has 25 heavy (non-hydrogen) atoms. The Kier molecular flexibility index (Phi) is 5.31. The maximum atomic E-state index is 13.1. The first kappa shape index (κ1) is 17.8. The first-order valence-corrected chi connectivity index (χ1v) is 9.70. The van der Waals surface area contributed by atoms with E-state index in [4.69, 9.17) is 0 Å². The molecule has 0 aliphatic rings. The fourth-order valence-electron chi connectivity index (χ4n) is 2.38. The lowest BCUT2D eigenvalue weighted by atomic mass is 10.1. The van der Waals surface area contributed by atoms with Gasteiger partial charge in [-0.25, -0.2) is 22.5 Å². The summed E-state index contributed by atoms with van der Waals surface area (Å²) in [5.41, 5.74) is 1.87. The summed E-state index contributed by atoms with van der Waals surface area (Å²) in [7, 11) is -3.75. The third kappa shape index (κ3) is 4.53. The summed E-state index contributed by atoms with van der Waals surface area (Å²) in [4.78, 5) is 4.00. The zero-order valence-corrected chi connectivity index (χ0v) is 15.5. The van der Waals surface area contributed by atoms with Gasteiger partial charge in [-0.15, -0.1) is 0 Å². The molecule has 0 saturated carbocycles. The van der Waals surface area contributed by atoms with Crippen LogP contribution in [0.2, 0.25) is 0 Å². The van der Waals surface area contributed by atoms with Gasteiger partial charge in [-0.05, 0) is 45.3 Å². The predicted molar refractivity (Wildman–Crippen MR) is 95.9 cm³/mol. The maximum Gasteiger partial charge on any atom is 0.241 e. The van der Waals surface area contributed by atoms with Crippen LogP contribution in [-0.2, 0) is 23.1 Å². The zero-order valence-electron chi connectivity index (χ0n) is 13.1. The molecule has 1 aromatic heterocycles. The number of hydrogen-bond acceptors (Lipinski definition) is 3. The number of imidazole rings is 1. The Hall–Kier alpha value is -2.03. The van der Waals surface area contributed by atoms with Crippen molar-refractivity contribution >= 4 is 26.0 Å². The lowest BCUT2D eigenvalue weighted by molar-refractivity contribution is 0.579. The van der Waals surface area contributed by atoms with E-state index >= 15 is 0 Å². The fourth-order valence-corrected chi connectivity index (χ4v) is 4.44. The van der Waals surface area contributed by atoms with E-state index in [0.29, 0.717) is 6.54 Å². The Morgan fingerprint density at radius 1 is 1.16 bits per heavy atom. The van der Waals surface area contributed by atoms with Crippen LogP contribution in [-0.4, -0.2) is 18.0 Å². The average molecular weight is 424 g/mol. The highest BCUT2D eigenvalue weighted by atomic mass is 79.9. The van der Waals surface area contributed by atoms with Crippen LogP contribution in [0.15, 0.2) is 70.6 Å². The number of halogens is 2. The van der Waals surface area contributed by atoms with Crippen molar-refractivity contribution < 1.29 is 12.8 Å². The summed E-state index contributed by atoms with van der Waals surface area (Å²) < 4.78 is 42.6. The molecule has 3 rings (SSSR count). The van der Waals surface area contributed by atoms with Crippen LogP contribution in [0.1, 0.15) is 11.1 Å². The smallest absolute Gasteiger partial charge is 0.241 e. The normalized spacial score (nSPS) is 11.6. The number of sulfonamides is 1. The van der Waals surface area contributed by atoms with E-state index in [-0.39, 0.29) is 15.9 Å². The molecule has 1 N–H and O–H groups in total. The van der Waals surface area contributed by atoms with Gasteiger partial charge in [0.2, 0.25) is 10.0 Å². The van der Waals surface area contributed by atoms with Crippen molar-refractivity contribution in [2.24, 2.45) is 0 Å². The molecule has 0 atom stereocenters. The first-order chi connectivity index (χ1) is 11.9. The lowest BCUT2D eigenvalue weighted by Gasteiger charge is -2.10. The monoisotopic (exact) mass is 423 g/mol. The standard InChI is InChI=1S/C17H15BrFN3O2S/c18-16-9-15(19)4-5-17(16)25(23,24)21-10-13-2-1-3-14(8-13)11-22-7-6-20-12-22/h1-9,12,21H,10-11H2. The van der Waals surface area contributed by atoms with E-state index in [0.717, 1.165) is 23.3 Å². The molecule has 0 aliphatic carbocycles. The van der Waals surface area contributed by atoms with Crippen molar-refractivity contribution in [2.75, 3.05) is 0 Å². The minimum absolute atomic E-state index is 0.00321. The molecule has 1 heterocycles. The molecule has 0 aliphatic heterocycles. The van der Waals surface area contributed by atoms with Gasteiger partial charge in [0.1, 0.15) is 5.82 Å². The van der Waals surface area contributed by atoms with Gasteiger partial charge < -0.3 is 4.57 Å². The van der Waals surface area contributed by atoms with E-state index in [1.165, 1.54) is 6.07 Å². The molecule has 5 nitrogen and oxygen atoms in total. The highest BCUT2D eigenvalue weighted by molar-refractivity contribution is 9.10. The van der Waals surface area contributed by atoms with E-state index in [9.17, 15) is 12.8 Å². The molecule has 130 valence electrons. The van der Waals surface area contributed by atoms with E-state index in [1.807, 2.05) is 35.0 Å². The topological polar surface area (TPSA) is 64.0 Å². The van der Waals surface area contributed by atoms with Crippen LogP contribution in [0.25, 0.3) is 0 Å². The number of nitrogens with one attached hydrogen (secondary N) is 1. The number of benzene rings is 2. The highest BCUT2D eigenvalue weighted by Gasteiger charge is 2.17. The Morgan fingerprint density at radius 3 is 2.68 bits per heavy atom. The molecule has 0 unspecified atom stereocenters. The number of nitrogens with zero attached hydrogens (tertiary/aromatic N) is 2. The summed E-state index contributed by atoms with van der Waals surface area (Å²) in [6, 6.07) is 11.1. The van der Waals surface area contributed by atoms with Gasteiger partial charge in [0.25, 0.3) is 0 Å². The number of hydrogen-bond donors (Lipinski definition) is 1. The molecule has 0 amide bonds. The zero-order chi connectivity index (χ0) is 17.9. The first-order valence-electron chi connectivity index (χ1n) is 7.42. The Morgan fingerprint density at radius 2 is 1.96 bits per heavy atom. The highest BCUT2D eigenvalue weighted by Crippen LogP contribution is 2.22. The second kappa shape index (κ2) is 7.47. The molecule has 0 fully saturated rings. The largest absolute Gasteiger partial charge is 0.333 e. The molecule has 0 bridgehead atoms. The van der Waals surface area contributed by atoms with Gasteiger partial charge in [-0.1, -0.05) is 24.3 Å². The molecule has 0 radical (unpaired) electrons. The second-order valence-electron chi connectivity index (χ2n) is 5.45. The minimum Gasteiger partial charge on any atom is -0.333 e. The molecule has 0 spiro atoms. The van der Waals surface area contributed by atoms with Crippen molar-refractivity contribution in [3.05, 3.63) is 82.6 Å². The lowest BCUT2D eigenvalue weighted by Crippen LogP contribution is -2.23. The van der Waals surface area contributed by atoms with Crippen LogP contribution in [0.3, 0.4) is 0 Å². The molecule has 3 aromatic rings. The molecular formula is C17H15BrFN3O2S. The molecule has 2 aromatic carbocycles. The van der Waals surface area contributed by atoms with Gasteiger partial charge in [-0.3, -0.25) is 0 Å². The summed E-state index contributed by atoms with van der Waals surface area (Å²) in [6.07, 6.45) is 5.29. The van der Waals surface area contributed by atoms with Crippen molar-refractivity contribution in [3.8, 4) is 0 Å². The summed E-state index contributed by atoms with van der Waals surface area (Å²) in [5, 5.41) is 0. The van der Waals surface area contributed by atoms with Crippen LogP contribution in [0, 0.1) is 5.82 Å². The maximum absolute atomic E-state index is 13.1. The molecule has 8 heteroatoms. The van der Waals surface area contributed by atoms with Crippen molar-refractivity contribution in [3.63, 3.8) is 0 Å². The van der Waals surface area contributed by atoms with E-state index in [2.05, 4.69) is 25.6 Å². The summed E-state index contributed by atoms with van der Waals surface area (Å²) in [5.74, 6) is -0.502. The number of aromatic nitrogens is 2. The average Bonchev–Trinajstić information content (AvgIpc) is 3.06. The van der Waals surface area contributed by atoms with Crippen molar-refractivity contribution in [1.82, 2.24) is 14.3 Å². The second-order valence-corrected chi connectivity index (χ2v) is 8.04. The Labute approximate surface area is 153 Å². The number of rotatable bonds is 6. The Bertz CT molecular complexity index is 975. The van der Waals surface area contributed by atoms with Gasteiger partial charge in [-0.2, -0.15) is 0 Å². The van der Waals surface area contributed by atoms with E-state index in [1.54, 1.807) is 12.5 Å². The Balaban J connectivity index is 1.72. The van der Waals surface area contributed by atoms with Crippen molar-refractivity contribution in [2.45, 2.75) is 18.0 Å². The summed E-state index contributed by atoms with van der Waals surface area (Å²) in [6.45, 7) is 0.800. The third-order valence-electron chi connectivity index (χ3n) is 3.57. The quantitative estimate of drug-likeness (QED) is 0.661. The summed E-state index contributed by atoms with van der Waals surface area (Å²) >= 11 is 3.09. The molecular weight excluding hydrogens is 409 g/mol. The van der Waals surface area contributed by atoms with Gasteiger partial charge >= 0.3 is 0 Å².